The number of rotatable bonds is 9. The number of benzene rings is 2. The molecule has 4 aromatic rings. The molecule has 0 saturated carbocycles. The number of aryl methyl sites for hydroxylation is 1. The Balaban J connectivity index is 1.81. The van der Waals surface area contributed by atoms with Gasteiger partial charge in [0.15, 0.2) is 5.82 Å². The number of aromatic nitrogens is 5. The summed E-state index contributed by atoms with van der Waals surface area (Å²) >= 11 is 0. The molecule has 2 heterocycles. The van der Waals surface area contributed by atoms with Crippen LogP contribution in [-0.4, -0.2) is 30.1 Å². The molecule has 0 amide bonds. The van der Waals surface area contributed by atoms with E-state index in [2.05, 4.69) is 66.1 Å². The predicted octanol–water partition coefficient (Wildman–Crippen LogP) is 5.51. The molecule has 0 aliphatic heterocycles. The molecule has 4 rings (SSSR count). The van der Waals surface area contributed by atoms with Crippen LogP contribution in [0.1, 0.15) is 69.6 Å². The molecule has 1 N–H and O–H groups in total. The van der Waals surface area contributed by atoms with Crippen molar-refractivity contribution in [3.05, 3.63) is 87.2 Å². The molecule has 2 aromatic heterocycles. The number of pyridine rings is 1. The number of halogens is 1. The average molecular weight is 491 g/mol. The van der Waals surface area contributed by atoms with Crippen molar-refractivity contribution in [3.8, 4) is 0 Å². The van der Waals surface area contributed by atoms with Gasteiger partial charge in [0.05, 0.1) is 11.6 Å². The maximum atomic E-state index is 13.6. The SMILES string of the molecule is CCC(C)(C)n1nnnc1C(C(C)C)N(Cc1ccc(F)cc1)Cc1cc2cc(C)ccc2[nH]c1=O. The highest BCUT2D eigenvalue weighted by Gasteiger charge is 2.33. The first-order chi connectivity index (χ1) is 17.1. The Bertz CT molecular complexity index is 1390. The lowest BCUT2D eigenvalue weighted by Crippen LogP contribution is -2.38. The van der Waals surface area contributed by atoms with Crippen molar-refractivity contribution in [1.29, 1.82) is 0 Å². The normalized spacial score (nSPS) is 13.1. The van der Waals surface area contributed by atoms with Crippen LogP contribution in [-0.2, 0) is 18.6 Å². The Morgan fingerprint density at radius 1 is 1.08 bits per heavy atom. The summed E-state index contributed by atoms with van der Waals surface area (Å²) in [5.74, 6) is 0.623. The van der Waals surface area contributed by atoms with E-state index in [9.17, 15) is 9.18 Å². The molecular weight excluding hydrogens is 455 g/mol. The lowest BCUT2D eigenvalue weighted by Gasteiger charge is -2.35. The van der Waals surface area contributed by atoms with Crippen LogP contribution in [0, 0.1) is 18.7 Å². The standard InChI is InChI=1S/C28H35FN6O/c1-7-28(5,6)35-26(31-32-33-35)25(18(2)3)34(16-20-9-11-23(29)12-10-20)17-22-15-21-14-19(4)8-13-24(21)30-27(22)36/h8-15,18,25H,7,16-17H2,1-6H3,(H,30,36). The van der Waals surface area contributed by atoms with Gasteiger partial charge in [-0.25, -0.2) is 9.07 Å². The molecule has 2 aromatic carbocycles. The monoisotopic (exact) mass is 490 g/mol. The molecule has 7 nitrogen and oxygen atoms in total. The fourth-order valence-electron chi connectivity index (χ4n) is 4.63. The average Bonchev–Trinajstić information content (AvgIpc) is 3.31. The Hall–Kier alpha value is -3.39. The predicted molar refractivity (Wildman–Crippen MR) is 140 cm³/mol. The van der Waals surface area contributed by atoms with E-state index in [1.807, 2.05) is 29.8 Å². The zero-order valence-corrected chi connectivity index (χ0v) is 21.9. The van der Waals surface area contributed by atoms with Crippen molar-refractivity contribution < 1.29 is 4.39 Å². The fraction of sp³-hybridized carbons (Fsp3) is 0.429. The summed E-state index contributed by atoms with van der Waals surface area (Å²) < 4.78 is 15.6. The topological polar surface area (TPSA) is 79.7 Å². The summed E-state index contributed by atoms with van der Waals surface area (Å²) in [5, 5.41) is 13.8. The van der Waals surface area contributed by atoms with Gasteiger partial charge >= 0.3 is 0 Å². The Kier molecular flexibility index (Phi) is 7.36. The number of fused-ring (bicyclic) bond motifs is 1. The van der Waals surface area contributed by atoms with Crippen molar-refractivity contribution in [3.63, 3.8) is 0 Å². The van der Waals surface area contributed by atoms with Gasteiger partial charge in [0.25, 0.3) is 5.56 Å². The van der Waals surface area contributed by atoms with E-state index in [1.165, 1.54) is 12.1 Å². The van der Waals surface area contributed by atoms with E-state index in [0.717, 1.165) is 34.3 Å². The van der Waals surface area contributed by atoms with Gasteiger partial charge in [-0.3, -0.25) is 9.69 Å². The minimum absolute atomic E-state index is 0.119. The molecule has 0 radical (unpaired) electrons. The van der Waals surface area contributed by atoms with Crippen LogP contribution >= 0.6 is 0 Å². The van der Waals surface area contributed by atoms with Crippen molar-refractivity contribution in [2.24, 2.45) is 5.92 Å². The molecule has 0 fully saturated rings. The van der Waals surface area contributed by atoms with Crippen molar-refractivity contribution in [1.82, 2.24) is 30.1 Å². The molecule has 8 heteroatoms. The highest BCUT2D eigenvalue weighted by Crippen LogP contribution is 2.33. The van der Waals surface area contributed by atoms with Gasteiger partial charge in [0.2, 0.25) is 0 Å². The van der Waals surface area contributed by atoms with Gasteiger partial charge in [-0.2, -0.15) is 0 Å². The third-order valence-electron chi connectivity index (χ3n) is 6.97. The second-order valence-electron chi connectivity index (χ2n) is 10.5. The molecule has 0 aliphatic carbocycles. The largest absolute Gasteiger partial charge is 0.322 e. The lowest BCUT2D eigenvalue weighted by atomic mass is 9.97. The number of hydrogen-bond acceptors (Lipinski definition) is 5. The van der Waals surface area contributed by atoms with Gasteiger partial charge in [-0.15, -0.1) is 5.10 Å². The quantitative estimate of drug-likeness (QED) is 0.335. The van der Waals surface area contributed by atoms with Crippen LogP contribution in [0.4, 0.5) is 4.39 Å². The summed E-state index contributed by atoms with van der Waals surface area (Å²) in [7, 11) is 0. The Labute approximate surface area is 211 Å². The highest BCUT2D eigenvalue weighted by molar-refractivity contribution is 5.79. The number of tetrazole rings is 1. The maximum absolute atomic E-state index is 13.6. The molecule has 0 aliphatic rings. The maximum Gasteiger partial charge on any atom is 0.252 e. The third kappa shape index (κ3) is 5.38. The molecule has 36 heavy (non-hydrogen) atoms. The van der Waals surface area contributed by atoms with Gasteiger partial charge in [-0.05, 0) is 84.8 Å². The number of nitrogens with zero attached hydrogens (tertiary/aromatic N) is 5. The summed E-state index contributed by atoms with van der Waals surface area (Å²) in [4.78, 5) is 18.4. The van der Waals surface area contributed by atoms with Crippen LogP contribution in [0.2, 0.25) is 0 Å². The van der Waals surface area contributed by atoms with Crippen LogP contribution in [0.5, 0.6) is 0 Å². The number of hydrogen-bond donors (Lipinski definition) is 1. The van der Waals surface area contributed by atoms with Crippen LogP contribution in [0.15, 0.2) is 53.3 Å². The molecule has 1 unspecified atom stereocenters. The van der Waals surface area contributed by atoms with E-state index in [1.54, 1.807) is 12.1 Å². The third-order valence-corrected chi connectivity index (χ3v) is 6.97. The van der Waals surface area contributed by atoms with Crippen LogP contribution in [0.25, 0.3) is 10.9 Å². The van der Waals surface area contributed by atoms with Gasteiger partial charge < -0.3 is 4.98 Å². The van der Waals surface area contributed by atoms with Gasteiger partial charge in [0.1, 0.15) is 5.82 Å². The lowest BCUT2D eigenvalue weighted by molar-refractivity contribution is 0.117. The first kappa shape index (κ1) is 25.7. The van der Waals surface area contributed by atoms with E-state index in [0.29, 0.717) is 18.7 Å². The first-order valence-corrected chi connectivity index (χ1v) is 12.5. The van der Waals surface area contributed by atoms with E-state index < -0.39 is 0 Å². The van der Waals surface area contributed by atoms with Crippen molar-refractivity contribution in [2.75, 3.05) is 0 Å². The van der Waals surface area contributed by atoms with E-state index >= 15 is 0 Å². The molecule has 1 atom stereocenters. The van der Waals surface area contributed by atoms with Crippen molar-refractivity contribution >= 4 is 10.9 Å². The first-order valence-electron chi connectivity index (χ1n) is 12.5. The second kappa shape index (κ2) is 10.3. The fourth-order valence-corrected chi connectivity index (χ4v) is 4.63. The molecule has 0 bridgehead atoms. The summed E-state index contributed by atoms with van der Waals surface area (Å²) in [6, 6.07) is 14.3. The number of H-pyrrole nitrogens is 1. The summed E-state index contributed by atoms with van der Waals surface area (Å²) in [6.45, 7) is 13.5. The minimum atomic E-state index is -0.277. The van der Waals surface area contributed by atoms with Gasteiger partial charge in [-0.1, -0.05) is 44.5 Å². The van der Waals surface area contributed by atoms with Crippen LogP contribution in [0.3, 0.4) is 0 Å². The zero-order chi connectivity index (χ0) is 26.0. The Morgan fingerprint density at radius 2 is 1.81 bits per heavy atom. The smallest absolute Gasteiger partial charge is 0.252 e. The second-order valence-corrected chi connectivity index (χ2v) is 10.5. The summed E-state index contributed by atoms with van der Waals surface area (Å²) in [6.07, 6.45) is 0.859. The van der Waals surface area contributed by atoms with Gasteiger partial charge in [0, 0.05) is 24.2 Å². The number of aromatic amines is 1. The minimum Gasteiger partial charge on any atom is -0.322 e. The van der Waals surface area contributed by atoms with E-state index in [-0.39, 0.29) is 28.9 Å². The number of nitrogens with one attached hydrogen (secondary N) is 1. The van der Waals surface area contributed by atoms with Crippen molar-refractivity contribution in [2.45, 2.75) is 72.6 Å². The molecule has 0 saturated heterocycles. The molecule has 0 spiro atoms. The van der Waals surface area contributed by atoms with Crippen LogP contribution < -0.4 is 5.56 Å². The molecule has 190 valence electrons. The zero-order valence-electron chi connectivity index (χ0n) is 21.9. The van der Waals surface area contributed by atoms with E-state index in [4.69, 9.17) is 0 Å². The molecular formula is C28H35FN6O. The highest BCUT2D eigenvalue weighted by atomic mass is 19.1. The summed E-state index contributed by atoms with van der Waals surface area (Å²) in [5.41, 5.74) is 3.16. The Morgan fingerprint density at radius 3 is 2.47 bits per heavy atom.